The van der Waals surface area contributed by atoms with Crippen molar-refractivity contribution in [2.24, 2.45) is 5.73 Å². The molecule has 0 heterocycles. The lowest BCUT2D eigenvalue weighted by atomic mass is 9.76. The summed E-state index contributed by atoms with van der Waals surface area (Å²) in [5.74, 6) is -1.40. The van der Waals surface area contributed by atoms with Crippen LogP contribution in [0.2, 0.25) is 0 Å². The Kier molecular flexibility index (Phi) is 3.38. The molecule has 1 aliphatic carbocycles. The molecule has 0 saturated heterocycles. The molecule has 2 rings (SSSR count). The summed E-state index contributed by atoms with van der Waals surface area (Å²) in [6.07, 6.45) is -1.14. The molecule has 19 heavy (non-hydrogen) atoms. The maximum absolute atomic E-state index is 12.8. The van der Waals surface area contributed by atoms with Gasteiger partial charge in [0.2, 0.25) is 0 Å². The van der Waals surface area contributed by atoms with E-state index in [-0.39, 0.29) is 5.56 Å². The number of benzene rings is 1. The highest BCUT2D eigenvalue weighted by atomic mass is 19.4. The first kappa shape index (κ1) is 14.0. The molecule has 0 aromatic heterocycles. The van der Waals surface area contributed by atoms with Gasteiger partial charge < -0.3 is 15.9 Å². The third-order valence-electron chi connectivity index (χ3n) is 3.68. The van der Waals surface area contributed by atoms with Gasteiger partial charge in [-0.3, -0.25) is 0 Å². The maximum atomic E-state index is 12.8. The number of rotatable bonds is 1. The zero-order valence-corrected chi connectivity index (χ0v) is 10.3. The molecule has 4 N–H and O–H groups in total. The van der Waals surface area contributed by atoms with Crippen LogP contribution in [-0.4, -0.2) is 10.2 Å². The number of phenols is 2. The normalized spacial score (nSPS) is 19.4. The maximum Gasteiger partial charge on any atom is 0.420 e. The van der Waals surface area contributed by atoms with Gasteiger partial charge in [-0.2, -0.15) is 13.2 Å². The van der Waals surface area contributed by atoms with Crippen molar-refractivity contribution in [1.29, 1.82) is 0 Å². The van der Waals surface area contributed by atoms with Crippen molar-refractivity contribution in [2.45, 2.75) is 43.8 Å². The van der Waals surface area contributed by atoms with Crippen LogP contribution in [0, 0.1) is 0 Å². The molecule has 1 aromatic rings. The van der Waals surface area contributed by atoms with Crippen LogP contribution >= 0.6 is 0 Å². The largest absolute Gasteiger partial charge is 0.508 e. The van der Waals surface area contributed by atoms with Crippen molar-refractivity contribution in [2.75, 3.05) is 0 Å². The lowest BCUT2D eigenvalue weighted by Gasteiger charge is -2.35. The predicted octanol–water partition coefficient (Wildman–Crippen LogP) is 3.23. The first-order chi connectivity index (χ1) is 8.74. The number of hydrogen-bond donors (Lipinski definition) is 3. The van der Waals surface area contributed by atoms with Crippen molar-refractivity contribution in [1.82, 2.24) is 0 Å². The zero-order chi connectivity index (χ0) is 14.3. The van der Waals surface area contributed by atoms with Crippen LogP contribution in [0.1, 0.15) is 43.2 Å². The average molecular weight is 275 g/mol. The van der Waals surface area contributed by atoms with Gasteiger partial charge in [-0.15, -0.1) is 0 Å². The molecule has 1 saturated carbocycles. The Morgan fingerprint density at radius 1 is 1.05 bits per heavy atom. The van der Waals surface area contributed by atoms with Gasteiger partial charge in [-0.1, -0.05) is 19.3 Å². The van der Waals surface area contributed by atoms with Crippen molar-refractivity contribution in [3.8, 4) is 11.5 Å². The molecule has 0 atom stereocenters. The summed E-state index contributed by atoms with van der Waals surface area (Å²) in [4.78, 5) is 0. The molecular weight excluding hydrogens is 259 g/mol. The third kappa shape index (κ3) is 2.63. The Morgan fingerprint density at radius 3 is 2.16 bits per heavy atom. The van der Waals surface area contributed by atoms with Gasteiger partial charge in [0.05, 0.1) is 0 Å². The fourth-order valence-corrected chi connectivity index (χ4v) is 2.67. The smallest absolute Gasteiger partial charge is 0.420 e. The molecule has 6 heteroatoms. The van der Waals surface area contributed by atoms with E-state index in [1.807, 2.05) is 0 Å². The Morgan fingerprint density at radius 2 is 1.63 bits per heavy atom. The number of halogens is 3. The summed E-state index contributed by atoms with van der Waals surface area (Å²) < 4.78 is 38.4. The number of hydrogen-bond acceptors (Lipinski definition) is 3. The van der Waals surface area contributed by atoms with E-state index in [0.29, 0.717) is 18.9 Å². The minimum Gasteiger partial charge on any atom is -0.508 e. The van der Waals surface area contributed by atoms with E-state index in [9.17, 15) is 23.4 Å². The monoisotopic (exact) mass is 275 g/mol. The van der Waals surface area contributed by atoms with Gasteiger partial charge in [0.1, 0.15) is 17.1 Å². The highest BCUT2D eigenvalue weighted by molar-refractivity contribution is 5.50. The lowest BCUT2D eigenvalue weighted by Crippen LogP contribution is -2.38. The third-order valence-corrected chi connectivity index (χ3v) is 3.68. The highest BCUT2D eigenvalue weighted by Gasteiger charge is 2.39. The van der Waals surface area contributed by atoms with Crippen LogP contribution in [0.3, 0.4) is 0 Å². The molecule has 0 bridgehead atoms. The first-order valence-electron chi connectivity index (χ1n) is 6.16. The molecule has 0 amide bonds. The summed E-state index contributed by atoms with van der Waals surface area (Å²) in [5, 5.41) is 19.3. The van der Waals surface area contributed by atoms with E-state index in [1.165, 1.54) is 0 Å². The Labute approximate surface area is 108 Å². The first-order valence-corrected chi connectivity index (χ1v) is 6.16. The molecule has 0 aliphatic heterocycles. The standard InChI is InChI=1S/C13H16F3NO2/c14-13(15,16)10-7-8(18)6-9(11(10)19)12(17)4-2-1-3-5-12/h6-7,18-19H,1-5,17H2. The molecule has 1 aromatic carbocycles. The SMILES string of the molecule is NC1(c2cc(O)cc(C(F)(F)F)c2O)CCCCC1. The molecule has 0 spiro atoms. The average Bonchev–Trinajstić information content (AvgIpc) is 2.31. The van der Waals surface area contributed by atoms with E-state index < -0.39 is 28.8 Å². The summed E-state index contributed by atoms with van der Waals surface area (Å²) in [6.45, 7) is 0. The van der Waals surface area contributed by atoms with E-state index >= 15 is 0 Å². The summed E-state index contributed by atoms with van der Waals surface area (Å²) in [5.41, 5.74) is 3.87. The molecule has 3 nitrogen and oxygen atoms in total. The van der Waals surface area contributed by atoms with Crippen molar-refractivity contribution >= 4 is 0 Å². The predicted molar refractivity (Wildman–Crippen MR) is 63.7 cm³/mol. The zero-order valence-electron chi connectivity index (χ0n) is 10.3. The molecule has 1 fully saturated rings. The molecular formula is C13H16F3NO2. The lowest BCUT2D eigenvalue weighted by molar-refractivity contribution is -0.139. The van der Waals surface area contributed by atoms with Crippen LogP contribution in [-0.2, 0) is 11.7 Å². The Balaban J connectivity index is 2.54. The second-order valence-electron chi connectivity index (χ2n) is 5.10. The number of alkyl halides is 3. The topological polar surface area (TPSA) is 66.5 Å². The van der Waals surface area contributed by atoms with E-state index in [1.54, 1.807) is 0 Å². The quantitative estimate of drug-likeness (QED) is 0.689. The van der Waals surface area contributed by atoms with Crippen LogP contribution < -0.4 is 5.73 Å². The molecule has 1 aliphatic rings. The van der Waals surface area contributed by atoms with E-state index in [4.69, 9.17) is 5.73 Å². The van der Waals surface area contributed by atoms with Crippen molar-refractivity contribution < 1.29 is 23.4 Å². The van der Waals surface area contributed by atoms with Crippen LogP contribution in [0.4, 0.5) is 13.2 Å². The van der Waals surface area contributed by atoms with Crippen molar-refractivity contribution in [3.63, 3.8) is 0 Å². The van der Waals surface area contributed by atoms with Crippen LogP contribution in [0.25, 0.3) is 0 Å². The molecule has 0 unspecified atom stereocenters. The van der Waals surface area contributed by atoms with Gasteiger partial charge in [-0.05, 0) is 25.0 Å². The second kappa shape index (κ2) is 4.59. The van der Waals surface area contributed by atoms with Crippen molar-refractivity contribution in [3.05, 3.63) is 23.3 Å². The van der Waals surface area contributed by atoms with Gasteiger partial charge in [-0.25, -0.2) is 0 Å². The number of phenolic OH excluding ortho intramolecular Hbond substituents is 2. The van der Waals surface area contributed by atoms with E-state index in [2.05, 4.69) is 0 Å². The van der Waals surface area contributed by atoms with Gasteiger partial charge in [0.25, 0.3) is 0 Å². The summed E-state index contributed by atoms with van der Waals surface area (Å²) in [6, 6.07) is 1.65. The van der Waals surface area contributed by atoms with E-state index in [0.717, 1.165) is 25.3 Å². The summed E-state index contributed by atoms with van der Waals surface area (Å²) >= 11 is 0. The fourth-order valence-electron chi connectivity index (χ4n) is 2.67. The van der Waals surface area contributed by atoms with Crippen LogP contribution in [0.15, 0.2) is 12.1 Å². The summed E-state index contributed by atoms with van der Waals surface area (Å²) in [7, 11) is 0. The molecule has 106 valence electrons. The number of nitrogens with two attached hydrogens (primary N) is 1. The van der Waals surface area contributed by atoms with Gasteiger partial charge in [0.15, 0.2) is 0 Å². The van der Waals surface area contributed by atoms with Gasteiger partial charge in [0, 0.05) is 11.1 Å². The fraction of sp³-hybridized carbons (Fsp3) is 0.538. The molecule has 0 radical (unpaired) electrons. The minimum absolute atomic E-state index is 0.0143. The Hall–Kier alpha value is -1.43. The minimum atomic E-state index is -4.72. The highest BCUT2D eigenvalue weighted by Crippen LogP contribution is 2.46. The van der Waals surface area contributed by atoms with Crippen LogP contribution in [0.5, 0.6) is 11.5 Å². The van der Waals surface area contributed by atoms with Gasteiger partial charge >= 0.3 is 6.18 Å². The Bertz CT molecular complexity index is 480. The second-order valence-corrected chi connectivity index (χ2v) is 5.10. The number of aromatic hydroxyl groups is 2.